The quantitative estimate of drug-likeness (QED) is 0.439. The van der Waals surface area contributed by atoms with Crippen LogP contribution in [-0.4, -0.2) is 51.8 Å². The Balaban J connectivity index is 1.53. The van der Waals surface area contributed by atoms with E-state index >= 15 is 0 Å². The number of H-pyrrole nitrogens is 1. The van der Waals surface area contributed by atoms with Crippen molar-refractivity contribution in [3.8, 4) is 5.75 Å². The number of hydrogen-bond donors (Lipinski definition) is 3. The van der Waals surface area contributed by atoms with Gasteiger partial charge in [0.05, 0.1) is 17.5 Å². The van der Waals surface area contributed by atoms with Crippen LogP contribution in [0.25, 0.3) is 21.8 Å². The molecule has 4 aromatic rings. The summed E-state index contributed by atoms with van der Waals surface area (Å²) in [5.74, 6) is 0.970. The topological polar surface area (TPSA) is 83.0 Å². The van der Waals surface area contributed by atoms with Gasteiger partial charge in [0.25, 0.3) is 0 Å². The average molecular weight is 438 g/mol. The van der Waals surface area contributed by atoms with Crippen LogP contribution in [0.1, 0.15) is 20.8 Å². The summed E-state index contributed by atoms with van der Waals surface area (Å²) in [5.41, 5.74) is 2.92. The van der Waals surface area contributed by atoms with E-state index in [9.17, 15) is 4.39 Å². The highest BCUT2D eigenvalue weighted by atomic mass is 19.1. The predicted octanol–water partition coefficient (Wildman–Crippen LogP) is 3.92. The number of nitrogens with one attached hydrogen (secondary N) is 3. The van der Waals surface area contributed by atoms with Gasteiger partial charge in [-0.15, -0.1) is 0 Å². The molecule has 168 valence electrons. The second-order valence-corrected chi connectivity index (χ2v) is 8.57. The first-order chi connectivity index (χ1) is 15.4. The Labute approximate surface area is 185 Å². The average Bonchev–Trinajstić information content (AvgIpc) is 3.31. The molecular formula is C23H28FN7O. The summed E-state index contributed by atoms with van der Waals surface area (Å²) in [5, 5.41) is 20.2. The zero-order valence-corrected chi connectivity index (χ0v) is 18.7. The fraction of sp³-hybridized carbons (Fsp3) is 0.391. The highest BCUT2D eigenvalue weighted by molar-refractivity contribution is 5.99. The first kappa shape index (κ1) is 20.6. The second-order valence-electron chi connectivity index (χ2n) is 8.57. The van der Waals surface area contributed by atoms with E-state index in [4.69, 9.17) is 4.74 Å². The van der Waals surface area contributed by atoms with Gasteiger partial charge in [0.15, 0.2) is 11.6 Å². The van der Waals surface area contributed by atoms with Crippen LogP contribution in [0.4, 0.5) is 21.6 Å². The molecule has 5 rings (SSSR count). The maximum Gasteiger partial charge on any atom is 0.163 e. The van der Waals surface area contributed by atoms with Crippen molar-refractivity contribution in [2.75, 3.05) is 29.9 Å². The van der Waals surface area contributed by atoms with Crippen LogP contribution in [0.2, 0.25) is 0 Å². The summed E-state index contributed by atoms with van der Waals surface area (Å²) >= 11 is 0. The van der Waals surface area contributed by atoms with E-state index in [0.29, 0.717) is 35.7 Å². The minimum Gasteiger partial charge on any atom is -0.493 e. The molecule has 0 spiro atoms. The molecule has 32 heavy (non-hydrogen) atoms. The maximum absolute atomic E-state index is 14.5. The molecule has 2 aromatic heterocycles. The van der Waals surface area contributed by atoms with E-state index in [2.05, 4.69) is 56.8 Å². The van der Waals surface area contributed by atoms with Crippen LogP contribution in [0.5, 0.6) is 5.75 Å². The Kier molecular flexibility index (Phi) is 5.13. The van der Waals surface area contributed by atoms with Crippen LogP contribution < -0.4 is 20.3 Å². The lowest BCUT2D eigenvalue weighted by Crippen LogP contribution is -2.54. The van der Waals surface area contributed by atoms with Gasteiger partial charge in [-0.25, -0.2) is 4.39 Å². The lowest BCUT2D eigenvalue weighted by atomic mass is 10.1. The van der Waals surface area contributed by atoms with Gasteiger partial charge in [-0.2, -0.15) is 10.2 Å². The number of anilines is 3. The summed E-state index contributed by atoms with van der Waals surface area (Å²) < 4.78 is 22.2. The van der Waals surface area contributed by atoms with Gasteiger partial charge in [0.2, 0.25) is 0 Å². The van der Waals surface area contributed by atoms with E-state index < -0.39 is 0 Å². The van der Waals surface area contributed by atoms with E-state index in [1.807, 2.05) is 13.0 Å². The van der Waals surface area contributed by atoms with Crippen LogP contribution in [0, 0.1) is 5.82 Å². The van der Waals surface area contributed by atoms with Gasteiger partial charge >= 0.3 is 0 Å². The Hall–Kier alpha value is -3.33. The van der Waals surface area contributed by atoms with E-state index in [1.54, 1.807) is 17.9 Å². The minimum absolute atomic E-state index is 0.351. The third-order valence-electron chi connectivity index (χ3n) is 5.77. The molecular weight excluding hydrogens is 409 g/mol. The van der Waals surface area contributed by atoms with Crippen LogP contribution >= 0.6 is 0 Å². The molecule has 0 bridgehead atoms. The number of aromatic amines is 1. The number of piperazine rings is 1. The van der Waals surface area contributed by atoms with Crippen molar-refractivity contribution in [2.24, 2.45) is 7.05 Å². The molecule has 1 aliphatic rings. The van der Waals surface area contributed by atoms with Gasteiger partial charge in [-0.05, 0) is 39.0 Å². The molecule has 0 aliphatic carbocycles. The maximum atomic E-state index is 14.5. The van der Waals surface area contributed by atoms with E-state index in [0.717, 1.165) is 40.8 Å². The number of ether oxygens (including phenoxy) is 1. The molecule has 1 aliphatic heterocycles. The third kappa shape index (κ3) is 3.73. The SMILES string of the molecule is CCOc1cc(N2C[C@H](C)N[C@@H](C)C2)cc2[nH]nc(Nc3cc(F)c4nn(C)cc4c3)c12. The minimum atomic E-state index is -0.375. The number of benzene rings is 2. The first-order valence-electron chi connectivity index (χ1n) is 11.0. The van der Waals surface area contributed by atoms with Crippen molar-refractivity contribution in [1.29, 1.82) is 0 Å². The summed E-state index contributed by atoms with van der Waals surface area (Å²) in [6.07, 6.45) is 1.79. The largest absolute Gasteiger partial charge is 0.493 e. The van der Waals surface area contributed by atoms with E-state index in [-0.39, 0.29) is 5.82 Å². The molecule has 8 nitrogen and oxygen atoms in total. The molecule has 3 heterocycles. The van der Waals surface area contributed by atoms with Crippen molar-refractivity contribution in [2.45, 2.75) is 32.9 Å². The summed E-state index contributed by atoms with van der Waals surface area (Å²) in [7, 11) is 1.78. The summed E-state index contributed by atoms with van der Waals surface area (Å²) in [6, 6.07) is 8.29. The standard InChI is InChI=1S/C23H28FN7O/c1-5-32-20-9-17(31-10-13(2)25-14(3)11-31)8-19-21(20)23(28-27-19)26-16-6-15-12-30(4)29-22(15)18(24)7-16/h6-9,12-14,25H,5,10-11H2,1-4H3,(H2,26,27,28)/t13-,14-/m0/s1. The summed E-state index contributed by atoms with van der Waals surface area (Å²) in [4.78, 5) is 2.37. The number of nitrogens with zero attached hydrogens (tertiary/aromatic N) is 4. The molecule has 1 fully saturated rings. The molecule has 0 amide bonds. The van der Waals surface area contributed by atoms with Crippen molar-refractivity contribution < 1.29 is 9.13 Å². The molecule has 1 saturated heterocycles. The number of halogens is 1. The van der Waals surface area contributed by atoms with Crippen molar-refractivity contribution in [3.05, 3.63) is 36.3 Å². The van der Waals surface area contributed by atoms with Crippen LogP contribution in [0.15, 0.2) is 30.5 Å². The highest BCUT2D eigenvalue weighted by Crippen LogP contribution is 2.37. The normalized spacial score (nSPS) is 19.1. The fourth-order valence-electron chi connectivity index (χ4n) is 4.61. The van der Waals surface area contributed by atoms with Gasteiger partial charge in [-0.3, -0.25) is 9.78 Å². The fourth-order valence-corrected chi connectivity index (χ4v) is 4.61. The zero-order valence-electron chi connectivity index (χ0n) is 18.7. The number of aryl methyl sites for hydroxylation is 1. The molecule has 0 unspecified atom stereocenters. The third-order valence-corrected chi connectivity index (χ3v) is 5.77. The smallest absolute Gasteiger partial charge is 0.163 e. The predicted molar refractivity (Wildman–Crippen MR) is 125 cm³/mol. The van der Waals surface area contributed by atoms with Crippen LogP contribution in [-0.2, 0) is 7.05 Å². The van der Waals surface area contributed by atoms with E-state index in [1.165, 1.54) is 6.07 Å². The Bertz CT molecular complexity index is 1270. The highest BCUT2D eigenvalue weighted by Gasteiger charge is 2.23. The molecule has 2 atom stereocenters. The van der Waals surface area contributed by atoms with Crippen molar-refractivity contribution in [3.63, 3.8) is 0 Å². The second kappa shape index (κ2) is 7.98. The molecule has 9 heteroatoms. The van der Waals surface area contributed by atoms with Crippen LogP contribution in [0.3, 0.4) is 0 Å². The number of hydrogen-bond acceptors (Lipinski definition) is 6. The zero-order chi connectivity index (χ0) is 22.4. The lowest BCUT2D eigenvalue weighted by molar-refractivity contribution is 0.344. The molecule has 0 radical (unpaired) electrons. The van der Waals surface area contributed by atoms with Gasteiger partial charge in [0, 0.05) is 61.2 Å². The number of rotatable bonds is 5. The number of fused-ring (bicyclic) bond motifs is 2. The van der Waals surface area contributed by atoms with Crippen molar-refractivity contribution >= 4 is 39.0 Å². The monoisotopic (exact) mass is 437 g/mol. The first-order valence-corrected chi connectivity index (χ1v) is 11.0. The number of aromatic nitrogens is 4. The molecule has 2 aromatic carbocycles. The van der Waals surface area contributed by atoms with Crippen molar-refractivity contribution in [1.82, 2.24) is 25.3 Å². The Morgan fingerprint density at radius 3 is 2.72 bits per heavy atom. The lowest BCUT2D eigenvalue weighted by Gasteiger charge is -2.37. The van der Waals surface area contributed by atoms with Gasteiger partial charge in [-0.1, -0.05) is 0 Å². The Morgan fingerprint density at radius 2 is 1.97 bits per heavy atom. The molecule has 0 saturated carbocycles. The van der Waals surface area contributed by atoms with Gasteiger partial charge in [0.1, 0.15) is 11.3 Å². The molecule has 3 N–H and O–H groups in total. The Morgan fingerprint density at radius 1 is 1.19 bits per heavy atom. The van der Waals surface area contributed by atoms with Gasteiger partial charge < -0.3 is 20.3 Å². The summed E-state index contributed by atoms with van der Waals surface area (Å²) in [6.45, 7) is 8.73.